The monoisotopic (exact) mass is 489 g/mol. The fourth-order valence-electron chi connectivity index (χ4n) is 4.76. The van der Waals surface area contributed by atoms with E-state index in [9.17, 15) is 19.7 Å². The van der Waals surface area contributed by atoms with Gasteiger partial charge in [-0.3, -0.25) is 14.9 Å². The highest BCUT2D eigenvalue weighted by Crippen LogP contribution is 2.31. The van der Waals surface area contributed by atoms with Crippen LogP contribution in [0.3, 0.4) is 0 Å². The van der Waals surface area contributed by atoms with E-state index < -0.39 is 17.5 Å². The lowest BCUT2D eigenvalue weighted by atomic mass is 10.1. The lowest BCUT2D eigenvalue weighted by molar-refractivity contribution is -0.384. The second-order valence-electron chi connectivity index (χ2n) is 9.22. The summed E-state index contributed by atoms with van der Waals surface area (Å²) in [6.45, 7) is 5.51. The Bertz CT molecular complexity index is 1260. The number of carbonyl (C=O) groups is 2. The molecule has 0 spiro atoms. The van der Waals surface area contributed by atoms with Crippen LogP contribution in [0.5, 0.6) is 0 Å². The van der Waals surface area contributed by atoms with Gasteiger partial charge in [-0.25, -0.2) is 4.79 Å². The molecule has 1 fully saturated rings. The molecule has 8 heteroatoms. The van der Waals surface area contributed by atoms with Crippen LogP contribution in [0, 0.1) is 24.0 Å². The summed E-state index contributed by atoms with van der Waals surface area (Å²) in [5.74, 6) is -1.07. The van der Waals surface area contributed by atoms with Crippen LogP contribution in [0.1, 0.15) is 63.4 Å². The fraction of sp³-hybridized carbons (Fsp3) is 0.357. The number of ether oxygens (including phenoxy) is 1. The molecule has 2 heterocycles. The first-order chi connectivity index (χ1) is 17.3. The standard InChI is InChI=1S/C28H31N3O5/c1-20-16-24(21(2)30(20)18-22-10-6-5-7-11-22)27(32)19-36-28(33)23-12-13-25(26(17-23)31(34)35)29-14-8-3-4-9-15-29/h5-7,10-13,16-17H,3-4,8-9,14-15,18-19H2,1-2H3. The number of nitro groups is 1. The molecule has 0 aliphatic carbocycles. The van der Waals surface area contributed by atoms with Gasteiger partial charge < -0.3 is 14.2 Å². The zero-order valence-corrected chi connectivity index (χ0v) is 20.7. The molecule has 8 nitrogen and oxygen atoms in total. The van der Waals surface area contributed by atoms with Gasteiger partial charge in [-0.1, -0.05) is 43.2 Å². The third-order valence-electron chi connectivity index (χ3n) is 6.75. The van der Waals surface area contributed by atoms with E-state index in [1.807, 2.05) is 49.1 Å². The molecule has 1 aliphatic rings. The van der Waals surface area contributed by atoms with Crippen LogP contribution in [-0.2, 0) is 11.3 Å². The first-order valence-corrected chi connectivity index (χ1v) is 12.3. The van der Waals surface area contributed by atoms with Gasteiger partial charge in [-0.2, -0.15) is 0 Å². The Labute approximate surface area is 210 Å². The number of esters is 1. The number of nitro benzene ring substituents is 1. The van der Waals surface area contributed by atoms with E-state index in [4.69, 9.17) is 4.74 Å². The number of anilines is 1. The molecule has 1 aliphatic heterocycles. The third-order valence-corrected chi connectivity index (χ3v) is 6.75. The minimum absolute atomic E-state index is 0.0580. The number of ketones is 1. The normalized spacial score (nSPS) is 13.8. The van der Waals surface area contributed by atoms with Crippen molar-refractivity contribution in [2.75, 3.05) is 24.6 Å². The summed E-state index contributed by atoms with van der Waals surface area (Å²) in [4.78, 5) is 38.9. The van der Waals surface area contributed by atoms with Gasteiger partial charge in [0.25, 0.3) is 5.69 Å². The van der Waals surface area contributed by atoms with E-state index in [-0.39, 0.29) is 17.0 Å². The highest BCUT2D eigenvalue weighted by atomic mass is 16.6. The Kier molecular flexibility index (Phi) is 7.83. The Balaban J connectivity index is 1.45. The third kappa shape index (κ3) is 5.64. The molecule has 0 bridgehead atoms. The molecule has 4 rings (SSSR count). The maximum atomic E-state index is 12.9. The van der Waals surface area contributed by atoms with Gasteiger partial charge in [0, 0.05) is 42.7 Å². The van der Waals surface area contributed by atoms with Crippen molar-refractivity contribution in [3.8, 4) is 0 Å². The maximum Gasteiger partial charge on any atom is 0.338 e. The highest BCUT2D eigenvalue weighted by molar-refractivity contribution is 6.00. The quantitative estimate of drug-likeness (QED) is 0.180. The molecule has 1 saturated heterocycles. The van der Waals surface area contributed by atoms with Crippen molar-refractivity contribution in [3.05, 3.63) is 92.8 Å². The van der Waals surface area contributed by atoms with Gasteiger partial charge in [0.2, 0.25) is 5.78 Å². The van der Waals surface area contributed by atoms with Crippen molar-refractivity contribution in [2.45, 2.75) is 46.1 Å². The molecule has 0 N–H and O–H groups in total. The van der Waals surface area contributed by atoms with Crippen LogP contribution >= 0.6 is 0 Å². The van der Waals surface area contributed by atoms with Gasteiger partial charge >= 0.3 is 5.97 Å². The van der Waals surface area contributed by atoms with Crippen LogP contribution in [0.4, 0.5) is 11.4 Å². The summed E-state index contributed by atoms with van der Waals surface area (Å²) in [5, 5.41) is 11.7. The Morgan fingerprint density at radius 3 is 2.33 bits per heavy atom. The van der Waals surface area contributed by atoms with Crippen molar-refractivity contribution >= 4 is 23.1 Å². The molecule has 0 amide bonds. The lowest BCUT2D eigenvalue weighted by Crippen LogP contribution is -2.25. The maximum absolute atomic E-state index is 12.9. The van der Waals surface area contributed by atoms with E-state index in [1.165, 1.54) is 12.1 Å². The molecule has 36 heavy (non-hydrogen) atoms. The minimum Gasteiger partial charge on any atom is -0.454 e. The highest BCUT2D eigenvalue weighted by Gasteiger charge is 2.24. The van der Waals surface area contributed by atoms with Crippen molar-refractivity contribution in [3.63, 3.8) is 0 Å². The number of carbonyl (C=O) groups excluding carboxylic acids is 2. The van der Waals surface area contributed by atoms with E-state index in [0.717, 1.165) is 55.7 Å². The number of nitrogens with zero attached hydrogens (tertiary/aromatic N) is 3. The lowest BCUT2D eigenvalue weighted by Gasteiger charge is -2.22. The Morgan fingerprint density at radius 1 is 0.972 bits per heavy atom. The number of aryl methyl sites for hydroxylation is 1. The van der Waals surface area contributed by atoms with Crippen LogP contribution < -0.4 is 4.90 Å². The average molecular weight is 490 g/mol. The second kappa shape index (κ2) is 11.2. The molecular weight excluding hydrogens is 458 g/mol. The molecular formula is C28H31N3O5. The largest absolute Gasteiger partial charge is 0.454 e. The summed E-state index contributed by atoms with van der Waals surface area (Å²) >= 11 is 0. The predicted octanol–water partition coefficient (Wildman–Crippen LogP) is 5.48. The summed E-state index contributed by atoms with van der Waals surface area (Å²) in [5.41, 5.74) is 3.81. The molecule has 3 aromatic rings. The molecule has 1 aromatic heterocycles. The summed E-state index contributed by atoms with van der Waals surface area (Å²) in [6, 6.07) is 16.1. The molecule has 0 atom stereocenters. The number of benzene rings is 2. The number of hydrogen-bond acceptors (Lipinski definition) is 6. The van der Waals surface area contributed by atoms with E-state index in [0.29, 0.717) is 17.8 Å². The Morgan fingerprint density at radius 2 is 1.67 bits per heavy atom. The van der Waals surface area contributed by atoms with E-state index in [1.54, 1.807) is 12.1 Å². The Hall–Kier alpha value is -3.94. The van der Waals surface area contributed by atoms with Gasteiger partial charge in [-0.05, 0) is 50.5 Å². The second-order valence-corrected chi connectivity index (χ2v) is 9.22. The minimum atomic E-state index is -0.757. The first kappa shape index (κ1) is 25.2. The van der Waals surface area contributed by atoms with Gasteiger partial charge in [-0.15, -0.1) is 0 Å². The zero-order valence-electron chi connectivity index (χ0n) is 20.7. The van der Waals surface area contributed by atoms with Crippen LogP contribution in [-0.4, -0.2) is 40.9 Å². The first-order valence-electron chi connectivity index (χ1n) is 12.3. The van der Waals surface area contributed by atoms with Crippen LogP contribution in [0.25, 0.3) is 0 Å². The number of Topliss-reactive ketones (excluding diaryl/α,β-unsaturated/α-hetero) is 1. The van der Waals surface area contributed by atoms with Crippen molar-refractivity contribution < 1.29 is 19.2 Å². The predicted molar refractivity (Wildman–Crippen MR) is 138 cm³/mol. The van der Waals surface area contributed by atoms with Crippen molar-refractivity contribution in [1.29, 1.82) is 0 Å². The summed E-state index contributed by atoms with van der Waals surface area (Å²) < 4.78 is 7.32. The average Bonchev–Trinajstić information content (AvgIpc) is 3.05. The summed E-state index contributed by atoms with van der Waals surface area (Å²) in [7, 11) is 0. The summed E-state index contributed by atoms with van der Waals surface area (Å²) in [6.07, 6.45) is 4.18. The molecule has 0 saturated carbocycles. The number of rotatable bonds is 8. The molecule has 2 aromatic carbocycles. The van der Waals surface area contributed by atoms with Crippen LogP contribution in [0.2, 0.25) is 0 Å². The fourth-order valence-corrected chi connectivity index (χ4v) is 4.76. The molecule has 0 unspecified atom stereocenters. The smallest absolute Gasteiger partial charge is 0.338 e. The van der Waals surface area contributed by atoms with Gasteiger partial charge in [0.15, 0.2) is 6.61 Å². The van der Waals surface area contributed by atoms with E-state index in [2.05, 4.69) is 4.57 Å². The van der Waals surface area contributed by atoms with Gasteiger partial charge in [0.05, 0.1) is 10.5 Å². The molecule has 0 radical (unpaired) electrons. The molecule has 188 valence electrons. The number of aromatic nitrogens is 1. The van der Waals surface area contributed by atoms with Crippen molar-refractivity contribution in [1.82, 2.24) is 4.57 Å². The SMILES string of the molecule is Cc1cc(C(=O)COC(=O)c2ccc(N3CCCCCC3)c([N+](=O)[O-])c2)c(C)n1Cc1ccccc1. The van der Waals surface area contributed by atoms with E-state index >= 15 is 0 Å². The van der Waals surface area contributed by atoms with Crippen molar-refractivity contribution in [2.24, 2.45) is 0 Å². The topological polar surface area (TPSA) is 94.7 Å². The number of hydrogen-bond donors (Lipinski definition) is 0. The van der Waals surface area contributed by atoms with Gasteiger partial charge in [0.1, 0.15) is 5.69 Å². The zero-order chi connectivity index (χ0) is 25.7. The van der Waals surface area contributed by atoms with Crippen LogP contribution in [0.15, 0.2) is 54.6 Å².